The number of hydrogen-bond acceptors (Lipinski definition) is 5. The summed E-state index contributed by atoms with van der Waals surface area (Å²) in [6, 6.07) is 19.9. The number of carbonyl (C=O) groups is 1. The molecule has 9 heteroatoms. The number of nitrogens with zero attached hydrogens (tertiary/aromatic N) is 2. The van der Waals surface area contributed by atoms with E-state index < -0.39 is 22.5 Å². The van der Waals surface area contributed by atoms with Crippen LogP contribution in [0.2, 0.25) is 5.02 Å². The molecule has 3 rings (SSSR count). The molecule has 0 spiro atoms. The SMILES string of the molecule is COc1ccc(/C=N\NC(=O)CN(c2cccc(Cl)c2C)S(=O)(=O)c2ccccc2)cc1. The van der Waals surface area contributed by atoms with Crippen LogP contribution in [0.4, 0.5) is 5.69 Å². The summed E-state index contributed by atoms with van der Waals surface area (Å²) in [6.07, 6.45) is 1.46. The zero-order valence-electron chi connectivity index (χ0n) is 17.5. The van der Waals surface area contributed by atoms with Gasteiger partial charge in [-0.25, -0.2) is 13.8 Å². The Bertz CT molecular complexity index is 1210. The first-order valence-electron chi connectivity index (χ1n) is 9.62. The minimum atomic E-state index is -4.03. The number of carbonyl (C=O) groups excluding carboxylic acids is 1. The van der Waals surface area contributed by atoms with E-state index in [2.05, 4.69) is 10.5 Å². The zero-order valence-corrected chi connectivity index (χ0v) is 19.1. The highest BCUT2D eigenvalue weighted by Crippen LogP contribution is 2.30. The maximum Gasteiger partial charge on any atom is 0.264 e. The Hall–Kier alpha value is -3.36. The first-order chi connectivity index (χ1) is 15.3. The molecule has 1 amide bonds. The number of hydrazone groups is 1. The summed E-state index contributed by atoms with van der Waals surface area (Å²) in [7, 11) is -2.46. The predicted molar refractivity (Wildman–Crippen MR) is 126 cm³/mol. The van der Waals surface area contributed by atoms with Crippen LogP contribution in [-0.4, -0.2) is 34.2 Å². The lowest BCUT2D eigenvalue weighted by atomic mass is 10.2. The number of nitrogens with one attached hydrogen (secondary N) is 1. The van der Waals surface area contributed by atoms with Gasteiger partial charge in [0.1, 0.15) is 12.3 Å². The predicted octanol–water partition coefficient (Wildman–Crippen LogP) is 4.00. The van der Waals surface area contributed by atoms with E-state index in [-0.39, 0.29) is 4.90 Å². The number of methoxy groups -OCH3 is 1. The standard InChI is InChI=1S/C23H22ClN3O4S/c1-17-21(24)9-6-10-22(17)27(32(29,30)20-7-4-3-5-8-20)16-23(28)26-25-15-18-11-13-19(31-2)14-12-18/h3-15H,16H2,1-2H3,(H,26,28)/b25-15-. The number of halogens is 1. The Morgan fingerprint density at radius 3 is 2.41 bits per heavy atom. The van der Waals surface area contributed by atoms with Crippen molar-refractivity contribution in [1.29, 1.82) is 0 Å². The van der Waals surface area contributed by atoms with Gasteiger partial charge in [0.05, 0.1) is 23.9 Å². The molecule has 0 aliphatic rings. The molecule has 32 heavy (non-hydrogen) atoms. The molecule has 0 unspecified atom stereocenters. The maximum atomic E-state index is 13.3. The lowest BCUT2D eigenvalue weighted by Crippen LogP contribution is -2.40. The average molecular weight is 472 g/mol. The van der Waals surface area contributed by atoms with Gasteiger partial charge in [0.2, 0.25) is 0 Å². The first kappa shape index (κ1) is 23.3. The molecule has 0 saturated heterocycles. The highest BCUT2D eigenvalue weighted by molar-refractivity contribution is 7.92. The topological polar surface area (TPSA) is 88.1 Å². The molecule has 166 valence electrons. The van der Waals surface area contributed by atoms with E-state index in [1.54, 1.807) is 74.7 Å². The highest BCUT2D eigenvalue weighted by atomic mass is 35.5. The minimum absolute atomic E-state index is 0.0638. The smallest absolute Gasteiger partial charge is 0.264 e. The third kappa shape index (κ3) is 5.46. The molecule has 0 aromatic heterocycles. The molecule has 0 saturated carbocycles. The van der Waals surface area contributed by atoms with Crippen molar-refractivity contribution in [3.8, 4) is 5.75 Å². The van der Waals surface area contributed by atoms with Crippen molar-refractivity contribution in [3.05, 3.63) is 88.9 Å². The fourth-order valence-corrected chi connectivity index (χ4v) is 4.59. The van der Waals surface area contributed by atoms with Gasteiger partial charge in [0.15, 0.2) is 0 Å². The second-order valence-corrected chi connectivity index (χ2v) is 9.04. The molecular weight excluding hydrogens is 450 g/mol. The van der Waals surface area contributed by atoms with Crippen molar-refractivity contribution in [2.45, 2.75) is 11.8 Å². The average Bonchev–Trinajstić information content (AvgIpc) is 2.80. The summed E-state index contributed by atoms with van der Waals surface area (Å²) in [4.78, 5) is 12.7. The van der Waals surface area contributed by atoms with Gasteiger partial charge >= 0.3 is 0 Å². The van der Waals surface area contributed by atoms with Crippen molar-refractivity contribution < 1.29 is 17.9 Å². The number of hydrogen-bond donors (Lipinski definition) is 1. The second-order valence-electron chi connectivity index (χ2n) is 6.78. The van der Waals surface area contributed by atoms with E-state index in [0.29, 0.717) is 22.0 Å². The monoisotopic (exact) mass is 471 g/mol. The number of sulfonamides is 1. The summed E-state index contributed by atoms with van der Waals surface area (Å²) < 4.78 is 32.8. The number of ether oxygens (including phenoxy) is 1. The largest absolute Gasteiger partial charge is 0.497 e. The normalized spacial score (nSPS) is 11.3. The van der Waals surface area contributed by atoms with Crippen LogP contribution in [-0.2, 0) is 14.8 Å². The molecule has 0 atom stereocenters. The molecule has 0 bridgehead atoms. The Kier molecular flexibility index (Phi) is 7.50. The van der Waals surface area contributed by atoms with E-state index in [1.165, 1.54) is 18.3 Å². The molecule has 0 aliphatic carbocycles. The van der Waals surface area contributed by atoms with Crippen molar-refractivity contribution in [2.24, 2.45) is 5.10 Å². The molecule has 1 N–H and O–H groups in total. The van der Waals surface area contributed by atoms with Gasteiger partial charge in [0.25, 0.3) is 15.9 Å². The van der Waals surface area contributed by atoms with Gasteiger partial charge in [0, 0.05) is 5.02 Å². The molecule has 3 aromatic rings. The van der Waals surface area contributed by atoms with Crippen LogP contribution in [0.1, 0.15) is 11.1 Å². The fourth-order valence-electron chi connectivity index (χ4n) is 2.92. The maximum absolute atomic E-state index is 13.3. The number of rotatable bonds is 8. The van der Waals surface area contributed by atoms with E-state index in [9.17, 15) is 13.2 Å². The molecular formula is C23H22ClN3O4S. The summed E-state index contributed by atoms with van der Waals surface area (Å²) >= 11 is 6.21. The lowest BCUT2D eigenvalue weighted by Gasteiger charge is -2.25. The van der Waals surface area contributed by atoms with Gasteiger partial charge in [-0.05, 0) is 66.6 Å². The second kappa shape index (κ2) is 10.3. The van der Waals surface area contributed by atoms with E-state index >= 15 is 0 Å². The Labute approximate surface area is 192 Å². The summed E-state index contributed by atoms with van der Waals surface area (Å²) in [6.45, 7) is 1.23. The van der Waals surface area contributed by atoms with Crippen molar-refractivity contribution in [3.63, 3.8) is 0 Å². The summed E-state index contributed by atoms with van der Waals surface area (Å²) in [5.74, 6) is 0.0958. The van der Waals surface area contributed by atoms with E-state index in [0.717, 1.165) is 9.87 Å². The van der Waals surface area contributed by atoms with Crippen LogP contribution in [0.25, 0.3) is 0 Å². The number of anilines is 1. The molecule has 0 fully saturated rings. The van der Waals surface area contributed by atoms with E-state index in [4.69, 9.17) is 16.3 Å². The van der Waals surface area contributed by atoms with Gasteiger partial charge in [-0.2, -0.15) is 5.10 Å². The Morgan fingerprint density at radius 2 is 1.75 bits per heavy atom. The van der Waals surface area contributed by atoms with Crippen LogP contribution in [0.15, 0.2) is 82.8 Å². The van der Waals surface area contributed by atoms with Crippen molar-refractivity contribution >= 4 is 39.4 Å². The van der Waals surface area contributed by atoms with Crippen LogP contribution in [0.3, 0.4) is 0 Å². The quantitative estimate of drug-likeness (QED) is 0.397. The third-order valence-corrected chi connectivity index (χ3v) is 6.83. The van der Waals surface area contributed by atoms with Crippen LogP contribution >= 0.6 is 11.6 Å². The fraction of sp³-hybridized carbons (Fsp3) is 0.130. The number of amides is 1. The van der Waals surface area contributed by atoms with Crippen molar-refractivity contribution in [1.82, 2.24) is 5.43 Å². The Morgan fingerprint density at radius 1 is 1.06 bits per heavy atom. The van der Waals surface area contributed by atoms with Crippen molar-refractivity contribution in [2.75, 3.05) is 18.0 Å². The minimum Gasteiger partial charge on any atom is -0.497 e. The number of benzene rings is 3. The zero-order chi connectivity index (χ0) is 23.1. The highest BCUT2D eigenvalue weighted by Gasteiger charge is 2.28. The van der Waals surface area contributed by atoms with E-state index in [1.807, 2.05) is 0 Å². The molecule has 3 aromatic carbocycles. The molecule has 7 nitrogen and oxygen atoms in total. The summed E-state index contributed by atoms with van der Waals surface area (Å²) in [5, 5.41) is 4.32. The van der Waals surface area contributed by atoms with Gasteiger partial charge in [-0.1, -0.05) is 35.9 Å². The molecule has 0 heterocycles. The molecule has 0 radical (unpaired) electrons. The van der Waals surface area contributed by atoms with Crippen LogP contribution in [0, 0.1) is 6.92 Å². The van der Waals surface area contributed by atoms with Gasteiger partial charge in [-0.3, -0.25) is 9.10 Å². The summed E-state index contributed by atoms with van der Waals surface area (Å²) in [5.41, 5.74) is 3.98. The van der Waals surface area contributed by atoms with Crippen LogP contribution in [0.5, 0.6) is 5.75 Å². The van der Waals surface area contributed by atoms with Gasteiger partial charge in [-0.15, -0.1) is 0 Å². The first-order valence-corrected chi connectivity index (χ1v) is 11.4. The molecule has 0 aliphatic heterocycles. The Balaban J connectivity index is 1.84. The van der Waals surface area contributed by atoms with Crippen LogP contribution < -0.4 is 14.5 Å². The third-order valence-electron chi connectivity index (χ3n) is 4.64. The van der Waals surface area contributed by atoms with Gasteiger partial charge < -0.3 is 4.74 Å². The lowest BCUT2D eigenvalue weighted by molar-refractivity contribution is -0.119.